The third kappa shape index (κ3) is 4.90. The summed E-state index contributed by atoms with van der Waals surface area (Å²) in [5, 5.41) is 0. The number of amides is 2. The molecule has 2 aromatic rings. The lowest BCUT2D eigenvalue weighted by molar-refractivity contribution is -0.134. The molecule has 0 bridgehead atoms. The molecule has 1 aromatic heterocycles. The van der Waals surface area contributed by atoms with Crippen molar-refractivity contribution >= 4 is 17.6 Å². The number of nitrogens with zero attached hydrogens (tertiary/aromatic N) is 4. The van der Waals surface area contributed by atoms with Crippen LogP contribution in [0.15, 0.2) is 54.7 Å². The fraction of sp³-hybridized carbons (Fsp3) is 0.519. The van der Waals surface area contributed by atoms with Gasteiger partial charge < -0.3 is 14.7 Å². The Morgan fingerprint density at radius 2 is 1.61 bits per heavy atom. The monoisotopic (exact) mass is 446 g/mol. The topological polar surface area (TPSA) is 56.8 Å². The summed E-state index contributed by atoms with van der Waals surface area (Å²) < 4.78 is 0. The zero-order valence-electron chi connectivity index (χ0n) is 19.4. The number of pyridine rings is 1. The molecule has 2 saturated heterocycles. The third-order valence-corrected chi connectivity index (χ3v) is 7.86. The first-order valence-corrected chi connectivity index (χ1v) is 12.4. The predicted octanol–water partition coefficient (Wildman–Crippen LogP) is 3.38. The average Bonchev–Trinajstić information content (AvgIpc) is 3.58. The van der Waals surface area contributed by atoms with E-state index in [0.717, 1.165) is 77.2 Å². The highest BCUT2D eigenvalue weighted by Gasteiger charge is 2.59. The van der Waals surface area contributed by atoms with Gasteiger partial charge in [-0.1, -0.05) is 36.4 Å². The van der Waals surface area contributed by atoms with Crippen molar-refractivity contribution < 1.29 is 9.59 Å². The molecule has 6 heteroatoms. The number of hydrogen-bond donors (Lipinski definition) is 0. The van der Waals surface area contributed by atoms with Crippen molar-refractivity contribution in [2.75, 3.05) is 44.2 Å². The Hall–Kier alpha value is -2.89. The number of piperazine rings is 1. The van der Waals surface area contributed by atoms with Gasteiger partial charge in [0.15, 0.2) is 0 Å². The molecule has 1 saturated carbocycles. The molecule has 2 amide bonds. The Morgan fingerprint density at radius 1 is 0.879 bits per heavy atom. The maximum absolute atomic E-state index is 13.2. The highest BCUT2D eigenvalue weighted by molar-refractivity contribution is 5.83. The smallest absolute Gasteiger partial charge is 0.226 e. The number of aromatic nitrogens is 1. The molecule has 3 fully saturated rings. The van der Waals surface area contributed by atoms with Crippen LogP contribution in [-0.2, 0) is 16.0 Å². The van der Waals surface area contributed by atoms with Crippen LogP contribution >= 0.6 is 0 Å². The van der Waals surface area contributed by atoms with Crippen LogP contribution in [0.25, 0.3) is 0 Å². The molecule has 1 aliphatic carbocycles. The van der Waals surface area contributed by atoms with Crippen LogP contribution < -0.4 is 4.90 Å². The number of rotatable bonds is 6. The number of carbonyl (C=O) groups excluding carboxylic acids is 2. The molecule has 0 N–H and O–H groups in total. The Kier molecular flexibility index (Phi) is 6.34. The van der Waals surface area contributed by atoms with Crippen LogP contribution in [0.5, 0.6) is 0 Å². The average molecular weight is 447 g/mol. The fourth-order valence-electron chi connectivity index (χ4n) is 5.61. The second kappa shape index (κ2) is 9.54. The van der Waals surface area contributed by atoms with Gasteiger partial charge in [-0.05, 0) is 55.2 Å². The highest BCUT2D eigenvalue weighted by Crippen LogP contribution is 2.60. The van der Waals surface area contributed by atoms with Gasteiger partial charge >= 0.3 is 0 Å². The summed E-state index contributed by atoms with van der Waals surface area (Å²) in [6, 6.07) is 16.3. The van der Waals surface area contributed by atoms with E-state index in [-0.39, 0.29) is 17.2 Å². The molecule has 2 aliphatic heterocycles. The maximum atomic E-state index is 13.2. The van der Waals surface area contributed by atoms with Gasteiger partial charge in [0.25, 0.3) is 0 Å². The number of aryl methyl sites for hydroxylation is 1. The number of piperidine rings is 1. The fourth-order valence-corrected chi connectivity index (χ4v) is 5.61. The van der Waals surface area contributed by atoms with Crippen molar-refractivity contribution in [3.05, 3.63) is 60.3 Å². The molecule has 33 heavy (non-hydrogen) atoms. The van der Waals surface area contributed by atoms with Gasteiger partial charge in [0, 0.05) is 57.8 Å². The standard InChI is InChI=1S/C27H34N4O2/c32-25(11-6-9-22-7-2-1-3-8-22)30-15-12-27(13-16-30)21-23(27)26(33)31-19-17-29(18-20-31)24-10-4-5-14-28-24/h1-5,7-8,10,14,23H,6,9,11-13,15-21H2. The van der Waals surface area contributed by atoms with Crippen LogP contribution in [0.1, 0.15) is 37.7 Å². The van der Waals surface area contributed by atoms with Gasteiger partial charge in [-0.25, -0.2) is 4.98 Å². The van der Waals surface area contributed by atoms with E-state index in [4.69, 9.17) is 0 Å². The normalized spacial score (nSPS) is 21.8. The van der Waals surface area contributed by atoms with E-state index in [2.05, 4.69) is 39.0 Å². The van der Waals surface area contributed by atoms with Crippen molar-refractivity contribution in [1.82, 2.24) is 14.8 Å². The van der Waals surface area contributed by atoms with Crippen LogP contribution in [-0.4, -0.2) is 65.9 Å². The second-order valence-electron chi connectivity index (χ2n) is 9.84. The number of anilines is 1. The summed E-state index contributed by atoms with van der Waals surface area (Å²) >= 11 is 0. The molecular weight excluding hydrogens is 412 g/mol. The molecule has 1 spiro atoms. The van der Waals surface area contributed by atoms with Gasteiger partial charge in [0.2, 0.25) is 11.8 Å². The molecule has 6 nitrogen and oxygen atoms in total. The van der Waals surface area contributed by atoms with E-state index in [1.54, 1.807) is 0 Å². The van der Waals surface area contributed by atoms with Crippen molar-refractivity contribution in [2.45, 2.75) is 38.5 Å². The Morgan fingerprint density at radius 3 is 2.30 bits per heavy atom. The molecule has 1 aromatic carbocycles. The summed E-state index contributed by atoms with van der Waals surface area (Å²) in [7, 11) is 0. The number of benzene rings is 1. The van der Waals surface area contributed by atoms with E-state index >= 15 is 0 Å². The van der Waals surface area contributed by atoms with Crippen molar-refractivity contribution in [3.8, 4) is 0 Å². The largest absolute Gasteiger partial charge is 0.353 e. The molecule has 1 atom stereocenters. The highest BCUT2D eigenvalue weighted by atomic mass is 16.2. The Labute approximate surface area is 196 Å². The summed E-state index contributed by atoms with van der Waals surface area (Å²) in [5.74, 6) is 1.76. The minimum absolute atomic E-state index is 0.149. The maximum Gasteiger partial charge on any atom is 0.226 e. The first-order valence-electron chi connectivity index (χ1n) is 12.4. The molecule has 174 valence electrons. The second-order valence-corrected chi connectivity index (χ2v) is 9.84. The minimum atomic E-state index is 0.149. The van der Waals surface area contributed by atoms with E-state index in [9.17, 15) is 9.59 Å². The molecular formula is C27H34N4O2. The Bertz CT molecular complexity index is 949. The van der Waals surface area contributed by atoms with Gasteiger partial charge in [-0.3, -0.25) is 9.59 Å². The zero-order chi connectivity index (χ0) is 22.7. The molecule has 3 heterocycles. The Balaban J connectivity index is 1.05. The molecule has 0 radical (unpaired) electrons. The summed E-state index contributed by atoms with van der Waals surface area (Å²) in [5.41, 5.74) is 1.44. The lowest BCUT2D eigenvalue weighted by Crippen LogP contribution is -2.50. The SMILES string of the molecule is O=C(CCCc1ccccc1)N1CCC2(CC1)CC2C(=O)N1CCN(c2ccccn2)CC1. The third-order valence-electron chi connectivity index (χ3n) is 7.86. The van der Waals surface area contributed by atoms with Gasteiger partial charge in [-0.15, -0.1) is 0 Å². The first kappa shape index (κ1) is 21.9. The summed E-state index contributed by atoms with van der Waals surface area (Å²) in [6.45, 7) is 4.84. The minimum Gasteiger partial charge on any atom is -0.353 e. The summed E-state index contributed by atoms with van der Waals surface area (Å²) in [4.78, 5) is 36.6. The van der Waals surface area contributed by atoms with Gasteiger partial charge in [0.05, 0.1) is 0 Å². The number of carbonyl (C=O) groups is 2. The lowest BCUT2D eigenvalue weighted by Gasteiger charge is -2.37. The van der Waals surface area contributed by atoms with Crippen LogP contribution in [0.2, 0.25) is 0 Å². The summed E-state index contributed by atoms with van der Waals surface area (Å²) in [6.07, 6.45) is 7.24. The lowest BCUT2D eigenvalue weighted by atomic mass is 9.90. The number of likely N-dealkylation sites (tertiary alicyclic amines) is 1. The van der Waals surface area contributed by atoms with Crippen molar-refractivity contribution in [3.63, 3.8) is 0 Å². The number of hydrogen-bond acceptors (Lipinski definition) is 4. The molecule has 1 unspecified atom stereocenters. The van der Waals surface area contributed by atoms with E-state index in [1.807, 2.05) is 35.4 Å². The zero-order valence-corrected chi connectivity index (χ0v) is 19.4. The van der Waals surface area contributed by atoms with E-state index in [1.165, 1.54) is 5.56 Å². The van der Waals surface area contributed by atoms with Gasteiger partial charge in [-0.2, -0.15) is 0 Å². The van der Waals surface area contributed by atoms with E-state index in [0.29, 0.717) is 12.3 Å². The molecule has 5 rings (SSSR count). The first-order chi connectivity index (χ1) is 16.1. The quantitative estimate of drug-likeness (QED) is 0.683. The van der Waals surface area contributed by atoms with E-state index < -0.39 is 0 Å². The van der Waals surface area contributed by atoms with Crippen LogP contribution in [0.3, 0.4) is 0 Å². The predicted molar refractivity (Wildman–Crippen MR) is 129 cm³/mol. The van der Waals surface area contributed by atoms with Crippen LogP contribution in [0.4, 0.5) is 5.82 Å². The van der Waals surface area contributed by atoms with Crippen molar-refractivity contribution in [2.24, 2.45) is 11.3 Å². The molecule has 3 aliphatic rings. The van der Waals surface area contributed by atoms with Crippen molar-refractivity contribution in [1.29, 1.82) is 0 Å². The van der Waals surface area contributed by atoms with Gasteiger partial charge in [0.1, 0.15) is 5.82 Å². The van der Waals surface area contributed by atoms with Crippen LogP contribution in [0, 0.1) is 11.3 Å².